The van der Waals surface area contributed by atoms with Crippen LogP contribution in [-0.4, -0.2) is 11.9 Å². The lowest BCUT2D eigenvalue weighted by molar-refractivity contribution is -0.117. The van der Waals surface area contributed by atoms with Crippen LogP contribution in [0.2, 0.25) is 0 Å². The van der Waals surface area contributed by atoms with Crippen molar-refractivity contribution in [2.24, 2.45) is 0 Å². The van der Waals surface area contributed by atoms with Gasteiger partial charge in [0, 0.05) is 6.04 Å². The van der Waals surface area contributed by atoms with Crippen molar-refractivity contribution >= 4 is 12.0 Å². The van der Waals surface area contributed by atoms with Crippen LogP contribution < -0.4 is 5.32 Å². The predicted octanol–water partition coefficient (Wildman–Crippen LogP) is 4.32. The standard InChI is InChI=1S/C21H20N2O/c22-15-19(21(24)23-20-8-4-5-9-20)14-16-10-12-18(13-11-16)17-6-2-1-3-7-17/h1-3,6-7,10-14,20H,4-5,8-9H2,(H,23,24)/b19-14+. The molecule has 0 saturated heterocycles. The fourth-order valence-electron chi connectivity index (χ4n) is 3.05. The van der Waals surface area contributed by atoms with E-state index in [4.69, 9.17) is 0 Å². The zero-order valence-corrected chi connectivity index (χ0v) is 13.5. The molecule has 2 aromatic carbocycles. The first-order valence-corrected chi connectivity index (χ1v) is 8.34. The summed E-state index contributed by atoms with van der Waals surface area (Å²) < 4.78 is 0. The maximum atomic E-state index is 12.2. The number of rotatable bonds is 4. The monoisotopic (exact) mass is 316 g/mol. The molecular formula is C21H20N2O. The molecule has 0 unspecified atom stereocenters. The Hall–Kier alpha value is -2.86. The zero-order valence-electron chi connectivity index (χ0n) is 13.5. The first-order chi connectivity index (χ1) is 11.8. The molecule has 1 amide bonds. The summed E-state index contributed by atoms with van der Waals surface area (Å²) in [5.41, 5.74) is 3.27. The van der Waals surface area contributed by atoms with E-state index in [0.29, 0.717) is 0 Å². The Bertz CT molecular complexity index is 764. The molecule has 0 bridgehead atoms. The lowest BCUT2D eigenvalue weighted by Crippen LogP contribution is -2.33. The van der Waals surface area contributed by atoms with Crippen LogP contribution in [0.15, 0.2) is 60.2 Å². The highest BCUT2D eigenvalue weighted by atomic mass is 16.1. The zero-order chi connectivity index (χ0) is 16.8. The Labute approximate surface area is 142 Å². The number of nitrogens with one attached hydrogen (secondary N) is 1. The third-order valence-electron chi connectivity index (χ3n) is 4.38. The molecule has 2 aromatic rings. The van der Waals surface area contributed by atoms with Gasteiger partial charge in [0.15, 0.2) is 0 Å². The van der Waals surface area contributed by atoms with Gasteiger partial charge in [-0.1, -0.05) is 67.4 Å². The van der Waals surface area contributed by atoms with Crippen LogP contribution in [0.4, 0.5) is 0 Å². The number of benzene rings is 2. The number of nitrogens with zero attached hydrogens (tertiary/aromatic N) is 1. The SMILES string of the molecule is N#C/C(=C\c1ccc(-c2ccccc2)cc1)C(=O)NC1CCCC1. The van der Waals surface area contributed by atoms with Gasteiger partial charge in [-0.15, -0.1) is 0 Å². The van der Waals surface area contributed by atoms with Crippen LogP contribution in [0.3, 0.4) is 0 Å². The van der Waals surface area contributed by atoms with Crippen molar-refractivity contribution < 1.29 is 4.79 Å². The van der Waals surface area contributed by atoms with E-state index in [0.717, 1.165) is 42.4 Å². The third-order valence-corrected chi connectivity index (χ3v) is 4.38. The number of hydrogen-bond donors (Lipinski definition) is 1. The lowest BCUT2D eigenvalue weighted by Gasteiger charge is -2.11. The summed E-state index contributed by atoms with van der Waals surface area (Å²) in [6.07, 6.45) is 5.97. The van der Waals surface area contributed by atoms with Gasteiger partial charge in [-0.2, -0.15) is 5.26 Å². The van der Waals surface area contributed by atoms with E-state index in [2.05, 4.69) is 17.4 Å². The van der Waals surface area contributed by atoms with Gasteiger partial charge in [0.1, 0.15) is 11.6 Å². The number of hydrogen-bond acceptors (Lipinski definition) is 2. The molecule has 120 valence electrons. The molecule has 0 radical (unpaired) electrons. The summed E-state index contributed by atoms with van der Waals surface area (Å²) in [4.78, 5) is 12.2. The fourth-order valence-corrected chi connectivity index (χ4v) is 3.05. The molecule has 0 atom stereocenters. The van der Waals surface area contributed by atoms with Crippen molar-refractivity contribution in [1.82, 2.24) is 5.32 Å². The smallest absolute Gasteiger partial charge is 0.262 e. The lowest BCUT2D eigenvalue weighted by atomic mass is 10.0. The van der Waals surface area contributed by atoms with Crippen molar-refractivity contribution in [3.8, 4) is 17.2 Å². The molecule has 0 spiro atoms. The van der Waals surface area contributed by atoms with Crippen molar-refractivity contribution in [2.75, 3.05) is 0 Å². The maximum absolute atomic E-state index is 12.2. The van der Waals surface area contributed by atoms with Crippen LogP contribution in [0.5, 0.6) is 0 Å². The Morgan fingerprint density at radius 3 is 2.25 bits per heavy atom. The molecule has 0 aliphatic heterocycles. The van der Waals surface area contributed by atoms with Gasteiger partial charge in [0.2, 0.25) is 0 Å². The van der Waals surface area contributed by atoms with Crippen molar-refractivity contribution in [2.45, 2.75) is 31.7 Å². The van der Waals surface area contributed by atoms with Gasteiger partial charge in [0.25, 0.3) is 5.91 Å². The molecule has 0 heterocycles. The Kier molecular flexibility index (Phi) is 5.08. The minimum absolute atomic E-state index is 0.161. The van der Waals surface area contributed by atoms with E-state index >= 15 is 0 Å². The molecule has 1 aliphatic rings. The average molecular weight is 316 g/mol. The summed E-state index contributed by atoms with van der Waals surface area (Å²) in [7, 11) is 0. The first kappa shape index (κ1) is 16.0. The van der Waals surface area contributed by atoms with Crippen LogP contribution in [0.25, 0.3) is 17.2 Å². The van der Waals surface area contributed by atoms with Crippen LogP contribution in [-0.2, 0) is 4.79 Å². The second-order valence-corrected chi connectivity index (χ2v) is 6.11. The summed E-state index contributed by atoms with van der Waals surface area (Å²) in [6.45, 7) is 0. The van der Waals surface area contributed by atoms with E-state index < -0.39 is 0 Å². The number of nitriles is 1. The van der Waals surface area contributed by atoms with Crippen molar-refractivity contribution in [1.29, 1.82) is 5.26 Å². The van der Waals surface area contributed by atoms with E-state index in [9.17, 15) is 10.1 Å². The van der Waals surface area contributed by atoms with Crippen LogP contribution in [0.1, 0.15) is 31.2 Å². The minimum atomic E-state index is -0.267. The third kappa shape index (κ3) is 3.91. The second kappa shape index (κ2) is 7.61. The molecule has 24 heavy (non-hydrogen) atoms. The molecule has 3 rings (SSSR count). The van der Waals surface area contributed by atoms with E-state index in [1.54, 1.807) is 6.08 Å². The molecule has 1 aliphatic carbocycles. The highest BCUT2D eigenvalue weighted by Crippen LogP contribution is 2.21. The van der Waals surface area contributed by atoms with Gasteiger partial charge >= 0.3 is 0 Å². The highest BCUT2D eigenvalue weighted by Gasteiger charge is 2.19. The number of amides is 1. The summed E-state index contributed by atoms with van der Waals surface area (Å²) in [5, 5.41) is 12.2. The summed E-state index contributed by atoms with van der Waals surface area (Å²) in [6, 6.07) is 20.2. The Morgan fingerprint density at radius 2 is 1.62 bits per heavy atom. The topological polar surface area (TPSA) is 52.9 Å². The van der Waals surface area contributed by atoms with Crippen molar-refractivity contribution in [3.05, 3.63) is 65.7 Å². The van der Waals surface area contributed by atoms with Gasteiger partial charge in [-0.25, -0.2) is 0 Å². The van der Waals surface area contributed by atoms with Gasteiger partial charge < -0.3 is 5.32 Å². The van der Waals surface area contributed by atoms with Gasteiger partial charge in [0.05, 0.1) is 0 Å². The average Bonchev–Trinajstić information content (AvgIpc) is 3.14. The molecule has 3 nitrogen and oxygen atoms in total. The largest absolute Gasteiger partial charge is 0.349 e. The predicted molar refractivity (Wildman–Crippen MR) is 95.9 cm³/mol. The quantitative estimate of drug-likeness (QED) is 0.674. The summed E-state index contributed by atoms with van der Waals surface area (Å²) in [5.74, 6) is -0.267. The number of carbonyl (C=O) groups is 1. The normalized spacial score (nSPS) is 15.0. The number of carbonyl (C=O) groups excluding carboxylic acids is 1. The molecular weight excluding hydrogens is 296 g/mol. The Morgan fingerprint density at radius 1 is 1.00 bits per heavy atom. The summed E-state index contributed by atoms with van der Waals surface area (Å²) >= 11 is 0. The molecule has 1 saturated carbocycles. The van der Waals surface area contributed by atoms with Crippen LogP contribution in [0, 0.1) is 11.3 Å². The van der Waals surface area contributed by atoms with Gasteiger partial charge in [-0.3, -0.25) is 4.79 Å². The Balaban J connectivity index is 1.73. The molecule has 1 N–H and O–H groups in total. The minimum Gasteiger partial charge on any atom is -0.349 e. The molecule has 0 aromatic heterocycles. The van der Waals surface area contributed by atoms with Crippen LogP contribution >= 0.6 is 0 Å². The maximum Gasteiger partial charge on any atom is 0.262 e. The van der Waals surface area contributed by atoms with E-state index in [1.807, 2.05) is 48.5 Å². The first-order valence-electron chi connectivity index (χ1n) is 8.34. The highest BCUT2D eigenvalue weighted by molar-refractivity contribution is 6.01. The van der Waals surface area contributed by atoms with E-state index in [-0.39, 0.29) is 17.5 Å². The molecule has 1 fully saturated rings. The van der Waals surface area contributed by atoms with Gasteiger partial charge in [-0.05, 0) is 35.6 Å². The van der Waals surface area contributed by atoms with Crippen molar-refractivity contribution in [3.63, 3.8) is 0 Å². The molecule has 3 heteroatoms. The fraction of sp³-hybridized carbons (Fsp3) is 0.238. The van der Waals surface area contributed by atoms with E-state index in [1.165, 1.54) is 0 Å². The second-order valence-electron chi connectivity index (χ2n) is 6.11.